The van der Waals surface area contributed by atoms with Crippen molar-refractivity contribution in [1.82, 2.24) is 9.55 Å². The highest BCUT2D eigenvalue weighted by Crippen LogP contribution is 2.33. The molecule has 0 bridgehead atoms. The average molecular weight is 438 g/mol. The summed E-state index contributed by atoms with van der Waals surface area (Å²) in [5.41, 5.74) is 7.56. The van der Waals surface area contributed by atoms with E-state index in [1.54, 1.807) is 32.0 Å². The van der Waals surface area contributed by atoms with Crippen LogP contribution in [0.3, 0.4) is 0 Å². The molecule has 0 saturated carbocycles. The Balaban J connectivity index is 1.71. The van der Waals surface area contributed by atoms with Crippen molar-refractivity contribution in [1.29, 1.82) is 0 Å². The Morgan fingerprint density at radius 1 is 1.13 bits per heavy atom. The van der Waals surface area contributed by atoms with Crippen molar-refractivity contribution >= 4 is 27.2 Å². The Morgan fingerprint density at radius 2 is 1.87 bits per heavy atom. The molecular formula is C23H23N3O4S. The van der Waals surface area contributed by atoms with E-state index in [2.05, 4.69) is 4.98 Å². The molecule has 0 aliphatic heterocycles. The van der Waals surface area contributed by atoms with Crippen molar-refractivity contribution in [2.45, 2.75) is 19.4 Å². The summed E-state index contributed by atoms with van der Waals surface area (Å²) < 4.78 is 13.1. The van der Waals surface area contributed by atoms with E-state index in [0.717, 1.165) is 10.4 Å². The van der Waals surface area contributed by atoms with Gasteiger partial charge in [0.1, 0.15) is 17.6 Å². The van der Waals surface area contributed by atoms with Crippen LogP contribution in [0.1, 0.15) is 13.8 Å². The number of nitrogen functional groups attached to an aromatic ring is 1. The fraction of sp³-hybridized carbons (Fsp3) is 0.217. The smallest absolute Gasteiger partial charge is 0.275 e. The fourth-order valence-electron chi connectivity index (χ4n) is 3.07. The van der Waals surface area contributed by atoms with Crippen LogP contribution in [0.2, 0.25) is 0 Å². The summed E-state index contributed by atoms with van der Waals surface area (Å²) in [6.45, 7) is 3.43. The Bertz CT molecular complexity index is 1290. The van der Waals surface area contributed by atoms with Gasteiger partial charge in [0, 0.05) is 16.6 Å². The molecule has 2 aromatic carbocycles. The van der Waals surface area contributed by atoms with Gasteiger partial charge in [0.2, 0.25) is 0 Å². The van der Waals surface area contributed by atoms with Crippen molar-refractivity contribution in [2.75, 3.05) is 19.5 Å². The summed E-state index contributed by atoms with van der Waals surface area (Å²) in [5, 5.41) is 9.89. The molecule has 3 N–H and O–H groups in total. The lowest BCUT2D eigenvalue weighted by Gasteiger charge is -2.19. The van der Waals surface area contributed by atoms with Gasteiger partial charge in [-0.05, 0) is 49.7 Å². The van der Waals surface area contributed by atoms with Crippen LogP contribution in [0.4, 0.5) is 5.69 Å². The van der Waals surface area contributed by atoms with Crippen LogP contribution in [-0.4, -0.2) is 34.0 Å². The van der Waals surface area contributed by atoms with Gasteiger partial charge < -0.3 is 20.3 Å². The predicted octanol–water partition coefficient (Wildman–Crippen LogP) is 3.85. The molecule has 7 nitrogen and oxygen atoms in total. The molecule has 0 aliphatic carbocycles. The topological polar surface area (TPSA) is 99.6 Å². The van der Waals surface area contributed by atoms with Crippen molar-refractivity contribution in [3.8, 4) is 27.6 Å². The maximum absolute atomic E-state index is 13.2. The minimum absolute atomic E-state index is 0.110. The minimum atomic E-state index is -0.975. The largest absolute Gasteiger partial charge is 0.493 e. The highest BCUT2D eigenvalue weighted by atomic mass is 32.1. The third-order valence-corrected chi connectivity index (χ3v) is 5.80. The van der Waals surface area contributed by atoms with Gasteiger partial charge in [0.25, 0.3) is 5.56 Å². The highest BCUT2D eigenvalue weighted by Gasteiger charge is 2.17. The van der Waals surface area contributed by atoms with Crippen LogP contribution in [-0.2, 0) is 0 Å². The van der Waals surface area contributed by atoms with E-state index in [9.17, 15) is 9.90 Å². The van der Waals surface area contributed by atoms with Gasteiger partial charge in [-0.25, -0.2) is 4.98 Å². The zero-order valence-corrected chi connectivity index (χ0v) is 18.3. The van der Waals surface area contributed by atoms with Gasteiger partial charge in [-0.2, -0.15) is 0 Å². The van der Waals surface area contributed by atoms with Gasteiger partial charge in [-0.15, -0.1) is 11.3 Å². The van der Waals surface area contributed by atoms with E-state index in [0.29, 0.717) is 33.1 Å². The van der Waals surface area contributed by atoms with E-state index in [4.69, 9.17) is 15.2 Å². The number of thiophene rings is 1. The monoisotopic (exact) mass is 437 g/mol. The number of fused-ring (bicyclic) bond motifs is 1. The van der Waals surface area contributed by atoms with Crippen molar-refractivity contribution < 1.29 is 14.6 Å². The molecule has 0 radical (unpaired) electrons. The molecule has 4 aromatic rings. The first-order valence-electron chi connectivity index (χ1n) is 9.66. The standard InChI is InChI=1S/C23H23N3O4S/c1-23(2,28)12-30-18-9-8-16(10-19(18)29-3)26-13-25-17-11-20(31-21(17)22(26)27)14-4-6-15(24)7-5-14/h4-11,13,28H,12,24H2,1-3H3. The third-order valence-electron chi connectivity index (χ3n) is 4.64. The normalized spacial score (nSPS) is 11.6. The van der Waals surface area contributed by atoms with Gasteiger partial charge in [0.15, 0.2) is 11.5 Å². The van der Waals surface area contributed by atoms with Gasteiger partial charge in [0.05, 0.1) is 23.9 Å². The zero-order valence-electron chi connectivity index (χ0n) is 17.5. The van der Waals surface area contributed by atoms with Gasteiger partial charge >= 0.3 is 0 Å². The molecule has 0 unspecified atom stereocenters. The van der Waals surface area contributed by atoms with Crippen LogP contribution in [0, 0.1) is 0 Å². The summed E-state index contributed by atoms with van der Waals surface area (Å²) in [6.07, 6.45) is 1.51. The Kier molecular flexibility index (Phi) is 5.43. The van der Waals surface area contributed by atoms with Gasteiger partial charge in [-0.3, -0.25) is 9.36 Å². The molecule has 31 heavy (non-hydrogen) atoms. The number of ether oxygens (including phenoxy) is 2. The summed E-state index contributed by atoms with van der Waals surface area (Å²) in [7, 11) is 1.53. The van der Waals surface area contributed by atoms with Crippen LogP contribution < -0.4 is 20.8 Å². The Morgan fingerprint density at radius 3 is 2.55 bits per heavy atom. The fourth-order valence-corrected chi connectivity index (χ4v) is 4.11. The number of rotatable bonds is 6. The number of hydrogen-bond acceptors (Lipinski definition) is 7. The van der Waals surface area contributed by atoms with E-state index in [1.165, 1.54) is 29.3 Å². The number of aromatic nitrogens is 2. The lowest BCUT2D eigenvalue weighted by molar-refractivity contribution is 0.0276. The highest BCUT2D eigenvalue weighted by molar-refractivity contribution is 7.22. The molecule has 8 heteroatoms. The molecule has 2 heterocycles. The number of benzene rings is 2. The average Bonchev–Trinajstić information content (AvgIpc) is 3.18. The first-order valence-corrected chi connectivity index (χ1v) is 10.5. The quantitative estimate of drug-likeness (QED) is 0.445. The van der Waals surface area contributed by atoms with E-state index in [1.807, 2.05) is 30.3 Å². The van der Waals surface area contributed by atoms with Crippen molar-refractivity contribution in [3.63, 3.8) is 0 Å². The van der Waals surface area contributed by atoms with Crippen molar-refractivity contribution in [3.05, 3.63) is 65.2 Å². The second kappa shape index (κ2) is 8.05. The van der Waals surface area contributed by atoms with E-state index in [-0.39, 0.29) is 12.2 Å². The molecule has 0 fully saturated rings. The van der Waals surface area contributed by atoms with Crippen LogP contribution in [0.15, 0.2) is 59.7 Å². The molecular weight excluding hydrogens is 414 g/mol. The Labute approximate surface area is 183 Å². The van der Waals surface area contributed by atoms with Crippen LogP contribution in [0.5, 0.6) is 11.5 Å². The van der Waals surface area contributed by atoms with Crippen LogP contribution in [0.25, 0.3) is 26.3 Å². The number of aliphatic hydroxyl groups is 1. The number of nitrogens with zero attached hydrogens (tertiary/aromatic N) is 2. The molecule has 4 rings (SSSR count). The summed E-state index contributed by atoms with van der Waals surface area (Å²) in [6, 6.07) is 14.6. The maximum Gasteiger partial charge on any atom is 0.275 e. The summed E-state index contributed by atoms with van der Waals surface area (Å²) in [5.74, 6) is 0.944. The second-order valence-electron chi connectivity index (χ2n) is 7.80. The predicted molar refractivity (Wildman–Crippen MR) is 123 cm³/mol. The molecule has 0 spiro atoms. The molecule has 2 aromatic heterocycles. The van der Waals surface area contributed by atoms with Crippen LogP contribution >= 0.6 is 11.3 Å². The third kappa shape index (κ3) is 4.40. The molecule has 0 saturated heterocycles. The maximum atomic E-state index is 13.2. The second-order valence-corrected chi connectivity index (χ2v) is 8.86. The summed E-state index contributed by atoms with van der Waals surface area (Å²) >= 11 is 1.40. The first-order chi connectivity index (χ1) is 14.7. The van der Waals surface area contributed by atoms with Gasteiger partial charge in [-0.1, -0.05) is 12.1 Å². The number of anilines is 1. The summed E-state index contributed by atoms with van der Waals surface area (Å²) in [4.78, 5) is 18.6. The lowest BCUT2D eigenvalue weighted by atomic mass is 10.2. The first kappa shape index (κ1) is 20.9. The molecule has 0 amide bonds. The van der Waals surface area contributed by atoms with E-state index >= 15 is 0 Å². The number of nitrogens with two attached hydrogens (primary N) is 1. The van der Waals surface area contributed by atoms with Crippen molar-refractivity contribution in [2.24, 2.45) is 0 Å². The molecule has 0 aliphatic rings. The minimum Gasteiger partial charge on any atom is -0.493 e. The van der Waals surface area contributed by atoms with E-state index < -0.39 is 5.60 Å². The molecule has 160 valence electrons. The Hall–Kier alpha value is -3.36. The number of methoxy groups -OCH3 is 1. The lowest BCUT2D eigenvalue weighted by Crippen LogP contribution is -2.28. The number of hydrogen-bond donors (Lipinski definition) is 2. The zero-order chi connectivity index (χ0) is 22.2. The molecule has 0 atom stereocenters. The SMILES string of the molecule is COc1cc(-n2cnc3cc(-c4ccc(N)cc4)sc3c2=O)ccc1OCC(C)(C)O.